The van der Waals surface area contributed by atoms with E-state index in [-0.39, 0.29) is 23.7 Å². The lowest BCUT2D eigenvalue weighted by Crippen LogP contribution is -2.44. The lowest BCUT2D eigenvalue weighted by molar-refractivity contribution is -0.138. The van der Waals surface area contributed by atoms with Gasteiger partial charge in [-0.2, -0.15) is 0 Å². The molecule has 0 N–H and O–H groups in total. The highest BCUT2D eigenvalue weighted by Gasteiger charge is 2.32. The molecule has 4 nitrogen and oxygen atoms in total. The number of likely N-dealkylation sites (tertiary alicyclic amines) is 1. The van der Waals surface area contributed by atoms with Gasteiger partial charge in [0.15, 0.2) is 0 Å². The zero-order valence-electron chi connectivity index (χ0n) is 11.2. The van der Waals surface area contributed by atoms with Crippen molar-refractivity contribution in [1.29, 1.82) is 0 Å². The van der Waals surface area contributed by atoms with E-state index in [9.17, 15) is 9.59 Å². The Labute approximate surface area is 109 Å². The third kappa shape index (κ3) is 3.31. The van der Waals surface area contributed by atoms with E-state index in [4.69, 9.17) is 4.74 Å². The van der Waals surface area contributed by atoms with Crippen LogP contribution in [0, 0.1) is 5.92 Å². The molecule has 1 amide bonds. The van der Waals surface area contributed by atoms with Crippen LogP contribution in [0.5, 0.6) is 0 Å². The number of Topliss-reactive ketones (excluding diaryl/α,β-unsaturated/α-hetero) is 1. The summed E-state index contributed by atoms with van der Waals surface area (Å²) in [6.07, 6.45) is 5.68. The van der Waals surface area contributed by atoms with Gasteiger partial charge in [0.25, 0.3) is 0 Å². The predicted octanol–water partition coefficient (Wildman–Crippen LogP) is 1.77. The summed E-state index contributed by atoms with van der Waals surface area (Å²) in [6.45, 7) is 3.68. The van der Waals surface area contributed by atoms with Gasteiger partial charge in [0.05, 0.1) is 12.5 Å². The number of carbonyl (C=O) groups is 2. The summed E-state index contributed by atoms with van der Waals surface area (Å²) in [5.74, 6) is 0.417. The van der Waals surface area contributed by atoms with Crippen LogP contribution in [0.15, 0.2) is 0 Å². The molecule has 2 aliphatic heterocycles. The molecule has 2 atom stereocenters. The molecule has 2 fully saturated rings. The Kier molecular flexibility index (Phi) is 4.75. The van der Waals surface area contributed by atoms with Crippen LogP contribution in [-0.4, -0.2) is 42.4 Å². The van der Waals surface area contributed by atoms with E-state index >= 15 is 0 Å². The summed E-state index contributed by atoms with van der Waals surface area (Å²) in [4.78, 5) is 25.8. The van der Waals surface area contributed by atoms with Crippen LogP contribution in [0.1, 0.15) is 45.4 Å². The Hall–Kier alpha value is -0.900. The second-order valence-electron chi connectivity index (χ2n) is 5.50. The molecule has 4 heteroatoms. The Morgan fingerprint density at radius 1 is 1.22 bits per heavy atom. The molecule has 0 bridgehead atoms. The maximum absolute atomic E-state index is 12.5. The van der Waals surface area contributed by atoms with Crippen molar-refractivity contribution in [3.05, 3.63) is 0 Å². The molecule has 102 valence electrons. The molecule has 2 rings (SSSR count). The number of ketones is 1. The minimum Gasteiger partial charge on any atom is -0.381 e. The number of hydrogen-bond acceptors (Lipinski definition) is 3. The maximum atomic E-state index is 12.5. The lowest BCUT2D eigenvalue weighted by Gasteiger charge is -2.31. The molecule has 0 saturated carbocycles. The van der Waals surface area contributed by atoms with Gasteiger partial charge in [-0.05, 0) is 26.2 Å². The molecule has 2 heterocycles. The SMILES string of the molecule is CC(=O)CC1CCCCCN1C(=O)C1CCOC1. The van der Waals surface area contributed by atoms with Gasteiger partial charge < -0.3 is 9.64 Å². The molecule has 18 heavy (non-hydrogen) atoms. The first-order valence-electron chi connectivity index (χ1n) is 7.06. The van der Waals surface area contributed by atoms with Crippen molar-refractivity contribution in [3.63, 3.8) is 0 Å². The summed E-state index contributed by atoms with van der Waals surface area (Å²) in [5, 5.41) is 0. The summed E-state index contributed by atoms with van der Waals surface area (Å²) < 4.78 is 5.30. The summed E-state index contributed by atoms with van der Waals surface area (Å²) in [7, 11) is 0. The zero-order chi connectivity index (χ0) is 13.0. The Morgan fingerprint density at radius 3 is 2.72 bits per heavy atom. The quantitative estimate of drug-likeness (QED) is 0.770. The van der Waals surface area contributed by atoms with E-state index in [0.717, 1.165) is 32.2 Å². The van der Waals surface area contributed by atoms with Crippen molar-refractivity contribution in [1.82, 2.24) is 4.90 Å². The average molecular weight is 253 g/mol. The highest BCUT2D eigenvalue weighted by Crippen LogP contribution is 2.24. The molecule has 0 aromatic carbocycles. The van der Waals surface area contributed by atoms with Crippen LogP contribution in [0.25, 0.3) is 0 Å². The second-order valence-corrected chi connectivity index (χ2v) is 5.50. The number of carbonyl (C=O) groups excluding carboxylic acids is 2. The topological polar surface area (TPSA) is 46.6 Å². The van der Waals surface area contributed by atoms with Crippen LogP contribution >= 0.6 is 0 Å². The van der Waals surface area contributed by atoms with Crippen molar-refractivity contribution in [2.75, 3.05) is 19.8 Å². The highest BCUT2D eigenvalue weighted by molar-refractivity contribution is 5.81. The van der Waals surface area contributed by atoms with Crippen LogP contribution < -0.4 is 0 Å². The van der Waals surface area contributed by atoms with Crippen molar-refractivity contribution in [2.24, 2.45) is 5.92 Å². The van der Waals surface area contributed by atoms with Gasteiger partial charge in [-0.15, -0.1) is 0 Å². The minimum absolute atomic E-state index is 0.0255. The number of nitrogens with zero attached hydrogens (tertiary/aromatic N) is 1. The Morgan fingerprint density at radius 2 is 2.06 bits per heavy atom. The van der Waals surface area contributed by atoms with Gasteiger partial charge in [-0.25, -0.2) is 0 Å². The third-order valence-electron chi connectivity index (χ3n) is 3.96. The monoisotopic (exact) mass is 253 g/mol. The third-order valence-corrected chi connectivity index (χ3v) is 3.96. The smallest absolute Gasteiger partial charge is 0.228 e. The van der Waals surface area contributed by atoms with Gasteiger partial charge in [0.1, 0.15) is 5.78 Å². The molecule has 0 aliphatic carbocycles. The fourth-order valence-electron chi connectivity index (χ4n) is 2.98. The zero-order valence-corrected chi connectivity index (χ0v) is 11.2. The van der Waals surface area contributed by atoms with Crippen LogP contribution in [-0.2, 0) is 14.3 Å². The average Bonchev–Trinajstić information content (AvgIpc) is 2.76. The lowest BCUT2D eigenvalue weighted by atomic mass is 10.0. The van der Waals surface area contributed by atoms with Gasteiger partial charge in [0, 0.05) is 25.6 Å². The fraction of sp³-hybridized carbons (Fsp3) is 0.857. The van der Waals surface area contributed by atoms with Gasteiger partial charge >= 0.3 is 0 Å². The molecule has 0 aromatic rings. The van der Waals surface area contributed by atoms with Crippen molar-refractivity contribution in [2.45, 2.75) is 51.5 Å². The number of amides is 1. The predicted molar refractivity (Wildman–Crippen MR) is 68.2 cm³/mol. The first-order valence-corrected chi connectivity index (χ1v) is 7.06. The van der Waals surface area contributed by atoms with E-state index in [1.165, 1.54) is 6.42 Å². The van der Waals surface area contributed by atoms with Crippen LogP contribution in [0.2, 0.25) is 0 Å². The van der Waals surface area contributed by atoms with Crippen LogP contribution in [0.3, 0.4) is 0 Å². The minimum atomic E-state index is 0.0255. The standard InChI is InChI=1S/C14H23NO3/c1-11(16)9-13-5-3-2-4-7-15(13)14(17)12-6-8-18-10-12/h12-13H,2-10H2,1H3. The van der Waals surface area contributed by atoms with E-state index in [2.05, 4.69) is 0 Å². The highest BCUT2D eigenvalue weighted by atomic mass is 16.5. The largest absolute Gasteiger partial charge is 0.381 e. The molecular weight excluding hydrogens is 230 g/mol. The molecule has 2 unspecified atom stereocenters. The number of ether oxygens (including phenoxy) is 1. The van der Waals surface area contributed by atoms with Crippen molar-refractivity contribution >= 4 is 11.7 Å². The first-order chi connectivity index (χ1) is 8.68. The number of hydrogen-bond donors (Lipinski definition) is 0. The second kappa shape index (κ2) is 6.32. The Balaban J connectivity index is 2.03. The van der Waals surface area contributed by atoms with Gasteiger partial charge in [-0.3, -0.25) is 9.59 Å². The van der Waals surface area contributed by atoms with Crippen molar-refractivity contribution < 1.29 is 14.3 Å². The van der Waals surface area contributed by atoms with Crippen LogP contribution in [0.4, 0.5) is 0 Å². The van der Waals surface area contributed by atoms with E-state index in [1.54, 1.807) is 6.92 Å². The molecular formula is C14H23NO3. The van der Waals surface area contributed by atoms with Gasteiger partial charge in [0.2, 0.25) is 5.91 Å². The first kappa shape index (κ1) is 13.5. The fourth-order valence-corrected chi connectivity index (χ4v) is 2.98. The van der Waals surface area contributed by atoms with Crippen molar-refractivity contribution in [3.8, 4) is 0 Å². The van der Waals surface area contributed by atoms with Gasteiger partial charge in [-0.1, -0.05) is 12.8 Å². The van der Waals surface area contributed by atoms with E-state index in [1.807, 2.05) is 4.90 Å². The number of rotatable bonds is 3. The molecule has 0 aromatic heterocycles. The molecule has 0 spiro atoms. The van der Waals surface area contributed by atoms with E-state index < -0.39 is 0 Å². The molecule has 2 saturated heterocycles. The summed E-state index contributed by atoms with van der Waals surface area (Å²) in [6, 6.07) is 0.123. The molecule has 0 radical (unpaired) electrons. The summed E-state index contributed by atoms with van der Waals surface area (Å²) in [5.41, 5.74) is 0. The molecule has 2 aliphatic rings. The maximum Gasteiger partial charge on any atom is 0.228 e. The van der Waals surface area contributed by atoms with E-state index in [0.29, 0.717) is 19.6 Å². The Bertz CT molecular complexity index is 310. The summed E-state index contributed by atoms with van der Waals surface area (Å²) >= 11 is 0. The normalized spacial score (nSPS) is 29.1.